The lowest BCUT2D eigenvalue weighted by molar-refractivity contribution is -0.274. The summed E-state index contributed by atoms with van der Waals surface area (Å²) in [6.45, 7) is 11.1. The Balaban J connectivity index is 1.73. The Morgan fingerprint density at radius 3 is 2.51 bits per heavy atom. The maximum absolute atomic E-state index is 13.7. The molecule has 0 aliphatic carbocycles. The highest BCUT2D eigenvalue weighted by Gasteiger charge is 2.31. The number of likely N-dealkylation sites (tertiary alicyclic amines) is 1. The molecule has 1 aliphatic rings. The van der Waals surface area contributed by atoms with Crippen molar-refractivity contribution in [2.75, 3.05) is 13.1 Å². The molecule has 0 saturated carbocycles. The Bertz CT molecular complexity index is 1250. The zero-order valence-electron chi connectivity index (χ0n) is 20.6. The van der Waals surface area contributed by atoms with Gasteiger partial charge in [-0.3, -0.25) is 9.36 Å². The van der Waals surface area contributed by atoms with Crippen LogP contribution in [0.15, 0.2) is 47.3 Å². The highest BCUT2D eigenvalue weighted by Crippen LogP contribution is 2.30. The summed E-state index contributed by atoms with van der Waals surface area (Å²) in [7, 11) is 0. The predicted molar refractivity (Wildman–Crippen MR) is 132 cm³/mol. The van der Waals surface area contributed by atoms with Crippen molar-refractivity contribution in [2.45, 2.75) is 65.4 Å². The summed E-state index contributed by atoms with van der Waals surface area (Å²) in [4.78, 5) is 21.0. The highest BCUT2D eigenvalue weighted by atomic mass is 19.4. The van der Waals surface area contributed by atoms with Crippen molar-refractivity contribution in [3.63, 3.8) is 0 Å². The number of alkyl halides is 3. The lowest BCUT2D eigenvalue weighted by Crippen LogP contribution is -2.42. The molecule has 3 aromatic rings. The second-order valence-corrected chi connectivity index (χ2v) is 9.94. The normalized spacial score (nSPS) is 17.5. The molecule has 8 heteroatoms. The van der Waals surface area contributed by atoms with E-state index < -0.39 is 6.36 Å². The van der Waals surface area contributed by atoms with Gasteiger partial charge in [-0.2, -0.15) is 0 Å². The van der Waals surface area contributed by atoms with E-state index in [0.717, 1.165) is 31.8 Å². The van der Waals surface area contributed by atoms with Gasteiger partial charge < -0.3 is 9.64 Å². The SMILES string of the molecule is CC(C)c1nc2ccc(-c3cccc(OC(F)(F)F)c3)cc2c(=O)n1CC1CCCN(C(C)C)C1. The lowest BCUT2D eigenvalue weighted by atomic mass is 9.96. The van der Waals surface area contributed by atoms with Gasteiger partial charge in [-0.15, -0.1) is 13.2 Å². The van der Waals surface area contributed by atoms with Crippen LogP contribution in [-0.2, 0) is 6.54 Å². The number of rotatable bonds is 6. The van der Waals surface area contributed by atoms with E-state index in [4.69, 9.17) is 4.98 Å². The van der Waals surface area contributed by atoms with Crippen molar-refractivity contribution in [2.24, 2.45) is 5.92 Å². The summed E-state index contributed by atoms with van der Waals surface area (Å²) in [5.74, 6) is 0.901. The van der Waals surface area contributed by atoms with Crippen LogP contribution in [0.2, 0.25) is 0 Å². The first kappa shape index (κ1) is 25.2. The fraction of sp³-hybridized carbons (Fsp3) is 0.481. The number of nitrogens with zero attached hydrogens (tertiary/aromatic N) is 3. The van der Waals surface area contributed by atoms with Crippen molar-refractivity contribution in [1.82, 2.24) is 14.5 Å². The molecule has 1 saturated heterocycles. The number of benzene rings is 2. The van der Waals surface area contributed by atoms with Crippen LogP contribution in [0.4, 0.5) is 13.2 Å². The minimum absolute atomic E-state index is 0.0766. The summed E-state index contributed by atoms with van der Waals surface area (Å²) in [5.41, 5.74) is 1.66. The van der Waals surface area contributed by atoms with Gasteiger partial charge in [-0.05, 0) is 74.5 Å². The molecule has 0 amide bonds. The quantitative estimate of drug-likeness (QED) is 0.415. The van der Waals surface area contributed by atoms with Gasteiger partial charge >= 0.3 is 6.36 Å². The Hall–Kier alpha value is -2.87. The number of hydrogen-bond donors (Lipinski definition) is 0. The van der Waals surface area contributed by atoms with Crippen molar-refractivity contribution >= 4 is 10.9 Å². The molecule has 1 aliphatic heterocycles. The Labute approximate surface area is 203 Å². The van der Waals surface area contributed by atoms with Crippen molar-refractivity contribution in [1.29, 1.82) is 0 Å². The molecule has 1 fully saturated rings. The van der Waals surface area contributed by atoms with E-state index >= 15 is 0 Å². The number of piperidine rings is 1. The molecule has 1 unspecified atom stereocenters. The molecule has 0 radical (unpaired) electrons. The van der Waals surface area contributed by atoms with Crippen LogP contribution in [0.1, 0.15) is 52.3 Å². The molecule has 0 N–H and O–H groups in total. The van der Waals surface area contributed by atoms with Gasteiger partial charge in [-0.25, -0.2) is 4.98 Å². The topological polar surface area (TPSA) is 47.4 Å². The Morgan fingerprint density at radius 1 is 1.09 bits per heavy atom. The highest BCUT2D eigenvalue weighted by molar-refractivity contribution is 5.84. The predicted octanol–water partition coefficient (Wildman–Crippen LogP) is 6.21. The maximum atomic E-state index is 13.7. The minimum Gasteiger partial charge on any atom is -0.406 e. The molecule has 5 nitrogen and oxygen atoms in total. The second kappa shape index (κ2) is 10.0. The monoisotopic (exact) mass is 487 g/mol. The first-order chi connectivity index (χ1) is 16.5. The molecule has 35 heavy (non-hydrogen) atoms. The van der Waals surface area contributed by atoms with Gasteiger partial charge in [0.1, 0.15) is 11.6 Å². The smallest absolute Gasteiger partial charge is 0.406 e. The first-order valence-corrected chi connectivity index (χ1v) is 12.2. The maximum Gasteiger partial charge on any atom is 0.573 e. The Morgan fingerprint density at radius 2 is 1.83 bits per heavy atom. The average molecular weight is 488 g/mol. The van der Waals surface area contributed by atoms with Crippen LogP contribution in [0, 0.1) is 5.92 Å². The molecule has 4 rings (SSSR count). The molecule has 1 aromatic heterocycles. The van der Waals surface area contributed by atoms with Gasteiger partial charge in [0.25, 0.3) is 5.56 Å². The number of ether oxygens (including phenoxy) is 1. The van der Waals surface area contributed by atoms with E-state index in [1.165, 1.54) is 18.2 Å². The largest absolute Gasteiger partial charge is 0.573 e. The number of fused-ring (bicyclic) bond motifs is 1. The molecule has 0 bridgehead atoms. The zero-order chi connectivity index (χ0) is 25.3. The Kier molecular flexibility index (Phi) is 7.22. The van der Waals surface area contributed by atoms with Gasteiger partial charge in [0.05, 0.1) is 10.9 Å². The first-order valence-electron chi connectivity index (χ1n) is 12.2. The van der Waals surface area contributed by atoms with Crippen molar-refractivity contribution < 1.29 is 17.9 Å². The molecule has 188 valence electrons. The van der Waals surface area contributed by atoms with E-state index in [9.17, 15) is 18.0 Å². The molecular weight excluding hydrogens is 455 g/mol. The van der Waals surface area contributed by atoms with Crippen LogP contribution in [-0.4, -0.2) is 39.9 Å². The van der Waals surface area contributed by atoms with Gasteiger partial charge in [0.15, 0.2) is 0 Å². The van der Waals surface area contributed by atoms with E-state index in [2.05, 4.69) is 23.5 Å². The minimum atomic E-state index is -4.77. The fourth-order valence-corrected chi connectivity index (χ4v) is 4.88. The summed E-state index contributed by atoms with van der Waals surface area (Å²) in [6.07, 6.45) is -2.59. The van der Waals surface area contributed by atoms with Crippen molar-refractivity contribution in [3.8, 4) is 16.9 Å². The third-order valence-corrected chi connectivity index (χ3v) is 6.62. The van der Waals surface area contributed by atoms with Crippen LogP contribution in [0.5, 0.6) is 5.75 Å². The second-order valence-electron chi connectivity index (χ2n) is 9.94. The molecule has 0 spiro atoms. The van der Waals surface area contributed by atoms with Gasteiger partial charge in [0.2, 0.25) is 0 Å². The van der Waals surface area contributed by atoms with Crippen molar-refractivity contribution in [3.05, 3.63) is 58.6 Å². The fourth-order valence-electron chi connectivity index (χ4n) is 4.88. The molecular formula is C27H32F3N3O2. The molecule has 2 aromatic carbocycles. The molecule has 2 heterocycles. The lowest BCUT2D eigenvalue weighted by Gasteiger charge is -2.36. The summed E-state index contributed by atoms with van der Waals surface area (Å²) >= 11 is 0. The standard InChI is InChI=1S/C27H32F3N3O2/c1-17(2)25-31-24-11-10-21(20-8-5-9-22(13-20)35-27(28,29)30)14-23(24)26(34)33(25)16-19-7-6-12-32(15-19)18(3)4/h5,8-11,13-14,17-19H,6-7,12,15-16H2,1-4H3. The van der Waals surface area contributed by atoms with E-state index in [-0.39, 0.29) is 17.2 Å². The van der Waals surface area contributed by atoms with Crippen LogP contribution >= 0.6 is 0 Å². The summed E-state index contributed by atoms with van der Waals surface area (Å²) in [6, 6.07) is 11.5. The van der Waals surface area contributed by atoms with E-state index in [0.29, 0.717) is 40.5 Å². The third kappa shape index (κ3) is 5.86. The van der Waals surface area contributed by atoms with Crippen LogP contribution < -0.4 is 10.3 Å². The zero-order valence-corrected chi connectivity index (χ0v) is 20.6. The third-order valence-electron chi connectivity index (χ3n) is 6.62. The number of aromatic nitrogens is 2. The summed E-state index contributed by atoms with van der Waals surface area (Å²) < 4.78 is 43.9. The van der Waals surface area contributed by atoms with E-state index in [1.807, 2.05) is 18.4 Å². The number of hydrogen-bond acceptors (Lipinski definition) is 4. The van der Waals surface area contributed by atoms with Gasteiger partial charge in [-0.1, -0.05) is 32.0 Å². The van der Waals surface area contributed by atoms with Crippen LogP contribution in [0.25, 0.3) is 22.0 Å². The molecule has 1 atom stereocenters. The summed E-state index contributed by atoms with van der Waals surface area (Å²) in [5, 5.41) is 0.463. The van der Waals surface area contributed by atoms with Crippen LogP contribution in [0.3, 0.4) is 0 Å². The number of halogens is 3. The average Bonchev–Trinajstić information content (AvgIpc) is 2.79. The van der Waals surface area contributed by atoms with E-state index in [1.54, 1.807) is 24.3 Å². The van der Waals surface area contributed by atoms with Gasteiger partial charge in [0, 0.05) is 25.0 Å².